The lowest BCUT2D eigenvalue weighted by atomic mass is 10.0. The Balaban J connectivity index is 0. The molecular formula is C14H30BNO6. The highest BCUT2D eigenvalue weighted by atomic mass is 17.2. The van der Waals surface area contributed by atoms with E-state index in [9.17, 15) is 14.4 Å². The molecule has 0 bridgehead atoms. The summed E-state index contributed by atoms with van der Waals surface area (Å²) in [5.74, 6) is -2.10. The maximum atomic E-state index is 11.9. The molecule has 22 heavy (non-hydrogen) atoms. The van der Waals surface area contributed by atoms with E-state index in [-0.39, 0.29) is 27.2 Å². The number of carbonyl (C=O) groups excluding carboxylic acids is 3. The first-order valence-corrected chi connectivity index (χ1v) is 7.48. The molecule has 0 aliphatic carbocycles. The zero-order valence-corrected chi connectivity index (χ0v) is 13.3. The molecule has 0 saturated carbocycles. The van der Waals surface area contributed by atoms with E-state index in [2.05, 4.69) is 0 Å². The Morgan fingerprint density at radius 1 is 0.818 bits per heavy atom. The van der Waals surface area contributed by atoms with E-state index in [1.165, 1.54) is 0 Å². The van der Waals surface area contributed by atoms with E-state index in [0.29, 0.717) is 25.7 Å². The van der Waals surface area contributed by atoms with Crippen molar-refractivity contribution in [2.75, 3.05) is 0 Å². The molecule has 0 radical (unpaired) electrons. The van der Waals surface area contributed by atoms with Gasteiger partial charge in [-0.05, 0) is 25.7 Å². The molecule has 0 spiro atoms. The Bertz CT molecular complexity index is 326. The first-order chi connectivity index (χ1) is 9.98. The Labute approximate surface area is 133 Å². The lowest BCUT2D eigenvalue weighted by molar-refractivity contribution is -1.34. The summed E-state index contributed by atoms with van der Waals surface area (Å²) in [5.41, 5.74) is 0. The second-order valence-electron chi connectivity index (χ2n) is 4.63. The van der Waals surface area contributed by atoms with Crippen LogP contribution in [0.15, 0.2) is 0 Å². The van der Waals surface area contributed by atoms with Gasteiger partial charge in [0.15, 0.2) is 0 Å². The molecule has 1 N–H and O–H groups in total. The van der Waals surface area contributed by atoms with Crippen LogP contribution in [0.5, 0.6) is 0 Å². The molecule has 0 aromatic heterocycles. The van der Waals surface area contributed by atoms with Gasteiger partial charge in [-0.2, -0.15) is 14.5 Å². The summed E-state index contributed by atoms with van der Waals surface area (Å²) in [6.07, 6.45) is 2.64. The van der Waals surface area contributed by atoms with Crippen LogP contribution in [-0.2, 0) is 28.9 Å². The predicted octanol–water partition coefficient (Wildman–Crippen LogP) is -0.169. The maximum absolute atomic E-state index is 11.9. The average molecular weight is 319 g/mol. The third kappa shape index (κ3) is 9.39. The van der Waals surface area contributed by atoms with Crippen LogP contribution in [0, 0.1) is 5.92 Å². The normalized spacial score (nSPS) is 10.1. The highest BCUT2D eigenvalue weighted by Crippen LogP contribution is 2.08. The van der Waals surface area contributed by atoms with Gasteiger partial charge in [0.25, 0.3) is 0 Å². The number of nitrogens with one attached hydrogen (secondary N) is 1. The van der Waals surface area contributed by atoms with Crippen molar-refractivity contribution in [3.8, 4) is 0 Å². The van der Waals surface area contributed by atoms with Crippen molar-refractivity contribution < 1.29 is 34.3 Å². The molecule has 7 nitrogen and oxygen atoms in total. The largest absolute Gasteiger partial charge is 0.381 e. The minimum atomic E-state index is -0.677. The van der Waals surface area contributed by atoms with Gasteiger partial charge in [0, 0.05) is 0 Å². The van der Waals surface area contributed by atoms with Crippen LogP contribution in [0.1, 0.15) is 66.2 Å². The fourth-order valence-electron chi connectivity index (χ4n) is 1.55. The number of hydrogen-bond acceptors (Lipinski definition) is 6. The van der Waals surface area contributed by atoms with E-state index in [0.717, 1.165) is 0 Å². The van der Waals surface area contributed by atoms with E-state index in [1.807, 2.05) is 13.8 Å². The number of carbonyl (C=O) groups is 3. The molecule has 130 valence electrons. The zero-order chi connectivity index (χ0) is 16.3. The molecule has 0 heterocycles. The molecule has 0 rings (SSSR count). The lowest BCUT2D eigenvalue weighted by Crippen LogP contribution is -3.10. The summed E-state index contributed by atoms with van der Waals surface area (Å²) in [6, 6.07) is 0. The van der Waals surface area contributed by atoms with Crippen LogP contribution in [0.3, 0.4) is 0 Å². The number of quaternary nitrogens is 1. The van der Waals surface area contributed by atoms with Gasteiger partial charge in [0.05, 0.1) is 18.8 Å². The van der Waals surface area contributed by atoms with Crippen LogP contribution in [0.2, 0.25) is 0 Å². The van der Waals surface area contributed by atoms with Gasteiger partial charge in [-0.15, -0.1) is 0 Å². The minimum absolute atomic E-state index is 0. The quantitative estimate of drug-likeness (QED) is 0.445. The van der Waals surface area contributed by atoms with Crippen LogP contribution >= 0.6 is 0 Å². The highest BCUT2D eigenvalue weighted by Gasteiger charge is 2.29. The lowest BCUT2D eigenvalue weighted by Gasteiger charge is -2.14. The third-order valence-corrected chi connectivity index (χ3v) is 2.81. The smallest absolute Gasteiger partial charge is 0.245 e. The monoisotopic (exact) mass is 319 g/mol. The Morgan fingerprint density at radius 2 is 1.23 bits per heavy atom. The standard InChI is InChI=1S/C14H26NO6.BH4/c1-5-9-12(16)19-15(20-13(17)10-6-2)21-14(18)11(7-3)8-4;/h11,15H,5-10H2,1-4H3;1H4/q+1;-1. The molecule has 0 saturated heterocycles. The predicted molar refractivity (Wildman–Crippen MR) is 84.5 cm³/mol. The summed E-state index contributed by atoms with van der Waals surface area (Å²) < 4.78 is 0. The van der Waals surface area contributed by atoms with Crippen molar-refractivity contribution in [1.82, 2.24) is 0 Å². The molecule has 0 atom stereocenters. The second-order valence-corrected chi connectivity index (χ2v) is 4.63. The van der Waals surface area contributed by atoms with Crippen LogP contribution in [0.4, 0.5) is 0 Å². The van der Waals surface area contributed by atoms with E-state index in [1.54, 1.807) is 13.8 Å². The van der Waals surface area contributed by atoms with E-state index < -0.39 is 23.3 Å². The van der Waals surface area contributed by atoms with Crippen molar-refractivity contribution in [2.45, 2.75) is 66.2 Å². The van der Waals surface area contributed by atoms with E-state index >= 15 is 0 Å². The van der Waals surface area contributed by atoms with Gasteiger partial charge < -0.3 is 0 Å². The van der Waals surface area contributed by atoms with Crippen molar-refractivity contribution >= 4 is 26.3 Å². The van der Waals surface area contributed by atoms with Gasteiger partial charge in [0.2, 0.25) is 5.39 Å². The van der Waals surface area contributed by atoms with Crippen molar-refractivity contribution in [1.29, 1.82) is 0 Å². The van der Waals surface area contributed by atoms with Gasteiger partial charge in [-0.1, -0.05) is 36.1 Å². The zero-order valence-electron chi connectivity index (χ0n) is 13.3. The van der Waals surface area contributed by atoms with Gasteiger partial charge >= 0.3 is 17.9 Å². The molecule has 0 fully saturated rings. The fourth-order valence-corrected chi connectivity index (χ4v) is 1.55. The summed E-state index contributed by atoms with van der Waals surface area (Å²) in [7, 11) is 0. The molecule has 0 aromatic rings. The van der Waals surface area contributed by atoms with Gasteiger partial charge in [-0.25, -0.2) is 14.4 Å². The molecule has 0 amide bonds. The summed E-state index contributed by atoms with van der Waals surface area (Å²) >= 11 is 0. The van der Waals surface area contributed by atoms with Crippen molar-refractivity contribution in [2.24, 2.45) is 5.92 Å². The van der Waals surface area contributed by atoms with Crippen LogP contribution < -0.4 is 5.39 Å². The van der Waals surface area contributed by atoms with Crippen LogP contribution in [-0.4, -0.2) is 26.3 Å². The molecule has 8 heteroatoms. The summed E-state index contributed by atoms with van der Waals surface area (Å²) in [6.45, 7) is 7.31. The Hall–Kier alpha value is -1.57. The third-order valence-electron chi connectivity index (χ3n) is 2.81. The highest BCUT2D eigenvalue weighted by molar-refractivity contribution is 5.75. The summed E-state index contributed by atoms with van der Waals surface area (Å²) in [5, 5.41) is -0.677. The molecule has 0 aliphatic heterocycles. The topological polar surface area (TPSA) is 83.3 Å². The number of hydrogen-bond donors (Lipinski definition) is 1. The number of rotatable bonds is 10. The first-order valence-electron chi connectivity index (χ1n) is 7.48. The fraction of sp³-hybridized carbons (Fsp3) is 0.786. The van der Waals surface area contributed by atoms with E-state index in [4.69, 9.17) is 14.5 Å². The average Bonchev–Trinajstić information content (AvgIpc) is 2.40. The molecular weight excluding hydrogens is 289 g/mol. The second kappa shape index (κ2) is 13.1. The molecule has 0 aliphatic rings. The SMILES string of the molecule is CCCC(=O)O[NH+](OC(=O)CCC)OC(=O)C(CC)CC.[BH4-]. The minimum Gasteiger partial charge on any atom is -0.245 e. The first kappa shape index (κ1) is 22.7. The maximum Gasteiger partial charge on any atom is 0.381 e. The molecule has 0 unspecified atom stereocenters. The van der Waals surface area contributed by atoms with Crippen molar-refractivity contribution in [3.63, 3.8) is 0 Å². The summed E-state index contributed by atoms with van der Waals surface area (Å²) in [4.78, 5) is 49.3. The molecule has 0 aromatic carbocycles. The van der Waals surface area contributed by atoms with Crippen LogP contribution in [0.25, 0.3) is 0 Å². The van der Waals surface area contributed by atoms with Gasteiger partial charge in [0.1, 0.15) is 0 Å². The van der Waals surface area contributed by atoms with Gasteiger partial charge in [-0.3, -0.25) is 0 Å². The Morgan fingerprint density at radius 3 is 1.55 bits per heavy atom. The Kier molecular flexibility index (Phi) is 13.5. The van der Waals surface area contributed by atoms with Crippen molar-refractivity contribution in [3.05, 3.63) is 0 Å².